The molecular formula is C14H14N4O3. The molecule has 0 saturated carbocycles. The summed E-state index contributed by atoms with van der Waals surface area (Å²) >= 11 is 0. The molecular weight excluding hydrogens is 272 g/mol. The van der Waals surface area contributed by atoms with Gasteiger partial charge in [0.25, 0.3) is 0 Å². The normalized spacial score (nSPS) is 13.3. The molecule has 0 aliphatic carbocycles. The Bertz CT molecular complexity index is 716. The van der Waals surface area contributed by atoms with Crippen molar-refractivity contribution in [3.8, 4) is 0 Å². The molecule has 3 amide bonds. The predicted octanol–water partition coefficient (Wildman–Crippen LogP) is -0.463. The maximum absolute atomic E-state index is 11.9. The van der Waals surface area contributed by atoms with Crippen molar-refractivity contribution in [1.29, 1.82) is 0 Å². The topological polar surface area (TPSA) is 128 Å². The molecule has 0 unspecified atom stereocenters. The van der Waals surface area contributed by atoms with Gasteiger partial charge in [0, 0.05) is 11.6 Å². The van der Waals surface area contributed by atoms with Crippen LogP contribution in [0, 0.1) is 0 Å². The summed E-state index contributed by atoms with van der Waals surface area (Å²) in [6, 6.07) is 8.43. The number of hydrogen-bond donors (Lipinski definition) is 3. The summed E-state index contributed by atoms with van der Waals surface area (Å²) in [6.07, 6.45) is 1.53. The fraction of sp³-hybridized carbons (Fsp3) is 0.143. The first-order chi connectivity index (χ1) is 9.99. The van der Waals surface area contributed by atoms with Crippen LogP contribution in [0.3, 0.4) is 0 Å². The molecule has 0 bridgehead atoms. The van der Waals surface area contributed by atoms with E-state index >= 15 is 0 Å². The third kappa shape index (κ3) is 2.66. The van der Waals surface area contributed by atoms with Gasteiger partial charge in [-0.25, -0.2) is 0 Å². The van der Waals surface area contributed by atoms with Crippen LogP contribution in [-0.4, -0.2) is 23.2 Å². The average Bonchev–Trinajstić information content (AvgIpc) is 2.45. The number of benzene rings is 1. The molecule has 0 aliphatic rings. The van der Waals surface area contributed by atoms with E-state index in [0.29, 0.717) is 17.5 Å². The van der Waals surface area contributed by atoms with E-state index in [1.165, 1.54) is 0 Å². The van der Waals surface area contributed by atoms with Gasteiger partial charge >= 0.3 is 0 Å². The second-order valence-electron chi connectivity index (χ2n) is 4.59. The summed E-state index contributed by atoms with van der Waals surface area (Å²) in [5.74, 6) is -1.62. The molecule has 1 aromatic heterocycles. The second-order valence-corrected chi connectivity index (χ2v) is 4.59. The van der Waals surface area contributed by atoms with Gasteiger partial charge in [-0.3, -0.25) is 19.4 Å². The van der Waals surface area contributed by atoms with E-state index in [-0.39, 0.29) is 0 Å². The van der Waals surface area contributed by atoms with Crippen LogP contribution in [0.4, 0.5) is 0 Å². The number of nitrogens with one attached hydrogen (secondary N) is 1. The number of hydrogen-bond acceptors (Lipinski definition) is 4. The van der Waals surface area contributed by atoms with Crippen molar-refractivity contribution in [2.24, 2.45) is 11.5 Å². The SMILES string of the molecule is NC(=O)C[C@@](NC=O)(C(N)=O)c1ccc2ncccc2c1. The molecule has 1 atom stereocenters. The van der Waals surface area contributed by atoms with E-state index in [0.717, 1.165) is 5.39 Å². The number of primary amides is 2. The van der Waals surface area contributed by atoms with Crippen molar-refractivity contribution >= 4 is 29.1 Å². The second kappa shape index (κ2) is 5.58. The van der Waals surface area contributed by atoms with E-state index in [1.54, 1.807) is 36.5 Å². The number of fused-ring (bicyclic) bond motifs is 1. The Balaban J connectivity index is 2.63. The lowest BCUT2D eigenvalue weighted by Crippen LogP contribution is -2.54. The lowest BCUT2D eigenvalue weighted by Gasteiger charge is -2.29. The van der Waals surface area contributed by atoms with Gasteiger partial charge in [-0.15, -0.1) is 0 Å². The minimum atomic E-state index is -1.67. The molecule has 5 N–H and O–H groups in total. The zero-order chi connectivity index (χ0) is 15.5. The van der Waals surface area contributed by atoms with Gasteiger partial charge in [-0.2, -0.15) is 0 Å². The van der Waals surface area contributed by atoms with Crippen LogP contribution in [0.15, 0.2) is 36.5 Å². The van der Waals surface area contributed by atoms with Crippen LogP contribution < -0.4 is 16.8 Å². The first-order valence-corrected chi connectivity index (χ1v) is 6.14. The van der Waals surface area contributed by atoms with Crippen LogP contribution in [0.5, 0.6) is 0 Å². The number of carbonyl (C=O) groups excluding carboxylic acids is 3. The fourth-order valence-corrected chi connectivity index (χ4v) is 2.24. The van der Waals surface area contributed by atoms with E-state index in [4.69, 9.17) is 11.5 Å². The summed E-state index contributed by atoms with van der Waals surface area (Å²) < 4.78 is 0. The molecule has 108 valence electrons. The monoisotopic (exact) mass is 286 g/mol. The average molecular weight is 286 g/mol. The number of carbonyl (C=O) groups is 3. The number of nitrogens with two attached hydrogens (primary N) is 2. The number of rotatable bonds is 6. The Morgan fingerprint density at radius 3 is 2.67 bits per heavy atom. The van der Waals surface area contributed by atoms with Crippen molar-refractivity contribution < 1.29 is 14.4 Å². The van der Waals surface area contributed by atoms with Gasteiger partial charge in [0.15, 0.2) is 5.54 Å². The van der Waals surface area contributed by atoms with Crippen LogP contribution in [0.2, 0.25) is 0 Å². The molecule has 2 rings (SSSR count). The molecule has 0 saturated heterocycles. The van der Waals surface area contributed by atoms with Crippen molar-refractivity contribution in [2.75, 3.05) is 0 Å². The molecule has 7 nitrogen and oxygen atoms in total. The van der Waals surface area contributed by atoms with Crippen molar-refractivity contribution in [2.45, 2.75) is 12.0 Å². The van der Waals surface area contributed by atoms with Crippen LogP contribution in [0.1, 0.15) is 12.0 Å². The van der Waals surface area contributed by atoms with Crippen molar-refractivity contribution in [3.05, 3.63) is 42.1 Å². The summed E-state index contributed by atoms with van der Waals surface area (Å²) in [5, 5.41) is 3.08. The molecule has 21 heavy (non-hydrogen) atoms. The summed E-state index contributed by atoms with van der Waals surface area (Å²) in [4.78, 5) is 38.2. The van der Waals surface area contributed by atoms with Gasteiger partial charge in [0.1, 0.15) is 0 Å². The number of nitrogens with zero attached hydrogens (tertiary/aromatic N) is 1. The summed E-state index contributed by atoms with van der Waals surface area (Å²) in [5.41, 5.74) is 10.0. The number of amides is 3. The van der Waals surface area contributed by atoms with E-state index in [1.807, 2.05) is 0 Å². The fourth-order valence-electron chi connectivity index (χ4n) is 2.24. The van der Waals surface area contributed by atoms with Crippen LogP contribution >= 0.6 is 0 Å². The van der Waals surface area contributed by atoms with Gasteiger partial charge in [-0.1, -0.05) is 12.1 Å². The van der Waals surface area contributed by atoms with Crippen LogP contribution in [-0.2, 0) is 19.9 Å². The number of pyridine rings is 1. The Morgan fingerprint density at radius 2 is 2.05 bits per heavy atom. The molecule has 1 heterocycles. The standard InChI is InChI=1S/C14H14N4O3/c15-12(20)7-14(13(16)21,18-8-19)10-3-4-11-9(6-10)2-1-5-17-11/h1-6,8H,7H2,(H2,15,20)(H2,16,21)(H,18,19)/t14-/m0/s1. The summed E-state index contributed by atoms with van der Waals surface area (Å²) in [6.45, 7) is 0. The van der Waals surface area contributed by atoms with Crippen molar-refractivity contribution in [3.63, 3.8) is 0 Å². The molecule has 1 aromatic carbocycles. The third-order valence-corrected chi connectivity index (χ3v) is 3.26. The Hall–Kier alpha value is -2.96. The summed E-state index contributed by atoms with van der Waals surface area (Å²) in [7, 11) is 0. The van der Waals surface area contributed by atoms with Gasteiger partial charge in [0.2, 0.25) is 18.2 Å². The molecule has 0 spiro atoms. The quantitative estimate of drug-likeness (QED) is 0.620. The zero-order valence-corrected chi connectivity index (χ0v) is 11.1. The molecule has 7 heteroatoms. The highest BCUT2D eigenvalue weighted by atomic mass is 16.2. The smallest absolute Gasteiger partial charge is 0.248 e. The highest BCUT2D eigenvalue weighted by molar-refractivity contribution is 5.94. The maximum atomic E-state index is 11.9. The predicted molar refractivity (Wildman–Crippen MR) is 75.6 cm³/mol. The Kier molecular flexibility index (Phi) is 3.84. The van der Waals surface area contributed by atoms with Gasteiger partial charge in [0.05, 0.1) is 11.9 Å². The first-order valence-electron chi connectivity index (χ1n) is 6.14. The van der Waals surface area contributed by atoms with Crippen molar-refractivity contribution in [1.82, 2.24) is 10.3 Å². The van der Waals surface area contributed by atoms with Crippen LogP contribution in [0.25, 0.3) is 10.9 Å². The molecule has 2 aromatic rings. The largest absolute Gasteiger partial charge is 0.370 e. The third-order valence-electron chi connectivity index (χ3n) is 3.26. The number of aromatic nitrogens is 1. The first kappa shape index (κ1) is 14.4. The van der Waals surface area contributed by atoms with E-state index in [2.05, 4.69) is 10.3 Å². The lowest BCUT2D eigenvalue weighted by atomic mass is 9.85. The Morgan fingerprint density at radius 1 is 1.29 bits per heavy atom. The lowest BCUT2D eigenvalue weighted by molar-refractivity contribution is -0.132. The minimum absolute atomic E-state index is 0.321. The molecule has 0 fully saturated rings. The van der Waals surface area contributed by atoms with Gasteiger partial charge in [-0.05, 0) is 23.8 Å². The minimum Gasteiger partial charge on any atom is -0.370 e. The molecule has 0 radical (unpaired) electrons. The Labute approximate surface area is 120 Å². The van der Waals surface area contributed by atoms with E-state index in [9.17, 15) is 14.4 Å². The van der Waals surface area contributed by atoms with Gasteiger partial charge < -0.3 is 16.8 Å². The molecule has 0 aliphatic heterocycles. The highest BCUT2D eigenvalue weighted by Crippen LogP contribution is 2.27. The zero-order valence-electron chi connectivity index (χ0n) is 11.1. The van der Waals surface area contributed by atoms with E-state index < -0.39 is 23.8 Å². The maximum Gasteiger partial charge on any atom is 0.248 e. The highest BCUT2D eigenvalue weighted by Gasteiger charge is 2.40.